The summed E-state index contributed by atoms with van der Waals surface area (Å²) in [6.07, 6.45) is 1.000. The SMILES string of the molecule is CC1(C)CC(C)(C)c2cc(C#Cc3ccc(CC(=O)O)s3)ccc2O1. The maximum absolute atomic E-state index is 10.8. The zero-order chi connectivity index (χ0) is 18.2. The summed E-state index contributed by atoms with van der Waals surface area (Å²) in [5.41, 5.74) is 2.01. The van der Waals surface area contributed by atoms with E-state index in [1.807, 2.05) is 24.3 Å². The fraction of sp³-hybridized carbons (Fsp3) is 0.381. The number of benzene rings is 1. The molecule has 0 fully saturated rings. The van der Waals surface area contributed by atoms with Crippen molar-refractivity contribution in [3.05, 3.63) is 51.2 Å². The molecule has 0 radical (unpaired) electrons. The summed E-state index contributed by atoms with van der Waals surface area (Å²) < 4.78 is 6.11. The summed E-state index contributed by atoms with van der Waals surface area (Å²) in [5, 5.41) is 8.84. The summed E-state index contributed by atoms with van der Waals surface area (Å²) in [5.74, 6) is 6.45. The Bertz CT molecular complexity index is 878. The number of hydrogen-bond donors (Lipinski definition) is 1. The third-order valence-electron chi connectivity index (χ3n) is 4.28. The Morgan fingerprint density at radius 3 is 2.68 bits per heavy atom. The maximum Gasteiger partial charge on any atom is 0.308 e. The van der Waals surface area contributed by atoms with Crippen LogP contribution in [-0.4, -0.2) is 16.7 Å². The molecule has 1 N–H and O–H groups in total. The topological polar surface area (TPSA) is 46.5 Å². The lowest BCUT2D eigenvalue weighted by atomic mass is 9.73. The van der Waals surface area contributed by atoms with Gasteiger partial charge in [0, 0.05) is 16.0 Å². The van der Waals surface area contributed by atoms with Crippen molar-refractivity contribution in [2.45, 2.75) is 51.6 Å². The number of rotatable bonds is 2. The molecule has 0 saturated heterocycles. The van der Waals surface area contributed by atoms with Gasteiger partial charge in [0.2, 0.25) is 0 Å². The molecule has 0 atom stereocenters. The molecule has 3 nitrogen and oxygen atoms in total. The molecule has 0 unspecified atom stereocenters. The lowest BCUT2D eigenvalue weighted by Gasteiger charge is -2.42. The number of carboxylic acid groups (broad SMARTS) is 1. The van der Waals surface area contributed by atoms with E-state index in [4.69, 9.17) is 9.84 Å². The van der Waals surface area contributed by atoms with Crippen LogP contribution in [-0.2, 0) is 16.6 Å². The van der Waals surface area contributed by atoms with Crippen LogP contribution >= 0.6 is 11.3 Å². The summed E-state index contributed by atoms with van der Waals surface area (Å²) in [6, 6.07) is 9.81. The van der Waals surface area contributed by atoms with E-state index in [9.17, 15) is 4.79 Å². The van der Waals surface area contributed by atoms with Crippen LogP contribution in [0.3, 0.4) is 0 Å². The van der Waals surface area contributed by atoms with Gasteiger partial charge in [-0.3, -0.25) is 4.79 Å². The van der Waals surface area contributed by atoms with Gasteiger partial charge in [-0.1, -0.05) is 25.7 Å². The Hall–Kier alpha value is -2.25. The van der Waals surface area contributed by atoms with Gasteiger partial charge >= 0.3 is 5.97 Å². The third kappa shape index (κ3) is 4.05. The maximum atomic E-state index is 10.8. The Balaban J connectivity index is 1.87. The smallest absolute Gasteiger partial charge is 0.308 e. The van der Waals surface area contributed by atoms with Gasteiger partial charge in [0.25, 0.3) is 0 Å². The Labute approximate surface area is 152 Å². The first-order valence-corrected chi connectivity index (χ1v) is 9.12. The van der Waals surface area contributed by atoms with E-state index in [1.165, 1.54) is 16.9 Å². The second-order valence-corrected chi connectivity index (χ2v) is 8.89. The number of ether oxygens (including phenoxy) is 1. The molecule has 130 valence electrons. The average molecular weight is 354 g/mol. The van der Waals surface area contributed by atoms with Crippen LogP contribution in [0.15, 0.2) is 30.3 Å². The zero-order valence-electron chi connectivity index (χ0n) is 15.0. The predicted molar refractivity (Wildman–Crippen MR) is 100 cm³/mol. The van der Waals surface area contributed by atoms with Crippen molar-refractivity contribution >= 4 is 17.3 Å². The molecule has 0 saturated carbocycles. The molecule has 1 aromatic carbocycles. The van der Waals surface area contributed by atoms with E-state index in [-0.39, 0.29) is 17.4 Å². The zero-order valence-corrected chi connectivity index (χ0v) is 15.8. The highest BCUT2D eigenvalue weighted by Gasteiger charge is 2.38. The summed E-state index contributed by atoms with van der Waals surface area (Å²) >= 11 is 1.43. The van der Waals surface area contributed by atoms with E-state index >= 15 is 0 Å². The highest BCUT2D eigenvalue weighted by atomic mass is 32.1. The highest BCUT2D eigenvalue weighted by molar-refractivity contribution is 7.12. The van der Waals surface area contributed by atoms with E-state index in [1.54, 1.807) is 0 Å². The second-order valence-electron chi connectivity index (χ2n) is 7.72. The molecular formula is C21H22O3S. The van der Waals surface area contributed by atoms with Crippen LogP contribution in [0.25, 0.3) is 0 Å². The van der Waals surface area contributed by atoms with Crippen molar-refractivity contribution < 1.29 is 14.6 Å². The molecule has 1 aromatic heterocycles. The first-order chi connectivity index (χ1) is 11.6. The van der Waals surface area contributed by atoms with Crippen molar-refractivity contribution in [2.24, 2.45) is 0 Å². The van der Waals surface area contributed by atoms with Crippen molar-refractivity contribution in [2.75, 3.05) is 0 Å². The molecular weight excluding hydrogens is 332 g/mol. The van der Waals surface area contributed by atoms with Gasteiger partial charge in [0.15, 0.2) is 0 Å². The average Bonchev–Trinajstić information content (AvgIpc) is 2.90. The molecule has 3 rings (SSSR count). The molecule has 0 aliphatic carbocycles. The first kappa shape index (κ1) is 17.6. The molecule has 2 heterocycles. The van der Waals surface area contributed by atoms with Crippen LogP contribution < -0.4 is 4.74 Å². The second kappa shape index (κ2) is 6.24. The minimum absolute atomic E-state index is 0.0341. The first-order valence-electron chi connectivity index (χ1n) is 8.31. The monoisotopic (exact) mass is 354 g/mol. The standard InChI is InChI=1S/C21H22O3S/c1-20(2)13-21(3,4)24-18-10-6-14(11-17(18)20)5-7-15-8-9-16(25-15)12-19(22)23/h6,8-11H,12-13H2,1-4H3,(H,22,23). The van der Waals surface area contributed by atoms with E-state index < -0.39 is 5.97 Å². The van der Waals surface area contributed by atoms with Crippen molar-refractivity contribution in [1.29, 1.82) is 0 Å². The Kier molecular flexibility index (Phi) is 4.38. The largest absolute Gasteiger partial charge is 0.488 e. The quantitative estimate of drug-likeness (QED) is 0.801. The normalized spacial score (nSPS) is 17.0. The highest BCUT2D eigenvalue weighted by Crippen LogP contribution is 2.44. The van der Waals surface area contributed by atoms with Gasteiger partial charge in [-0.15, -0.1) is 11.3 Å². The van der Waals surface area contributed by atoms with Gasteiger partial charge in [0.1, 0.15) is 11.4 Å². The van der Waals surface area contributed by atoms with Gasteiger partial charge in [-0.2, -0.15) is 0 Å². The molecule has 0 bridgehead atoms. The minimum Gasteiger partial charge on any atom is -0.488 e. The van der Waals surface area contributed by atoms with Gasteiger partial charge in [-0.05, 0) is 56.0 Å². The molecule has 0 amide bonds. The lowest BCUT2D eigenvalue weighted by molar-refractivity contribution is -0.136. The lowest BCUT2D eigenvalue weighted by Crippen LogP contribution is -2.41. The van der Waals surface area contributed by atoms with Crippen LogP contribution in [0.1, 0.15) is 55.0 Å². The van der Waals surface area contributed by atoms with Gasteiger partial charge in [0.05, 0.1) is 11.3 Å². The summed E-state index contributed by atoms with van der Waals surface area (Å²) in [4.78, 5) is 12.5. The Morgan fingerprint density at radius 2 is 1.96 bits per heavy atom. The van der Waals surface area contributed by atoms with Crippen LogP contribution in [0.2, 0.25) is 0 Å². The number of fused-ring (bicyclic) bond motifs is 1. The summed E-state index contributed by atoms with van der Waals surface area (Å²) in [6.45, 7) is 8.73. The number of thiophene rings is 1. The van der Waals surface area contributed by atoms with Crippen molar-refractivity contribution in [3.63, 3.8) is 0 Å². The number of aliphatic carboxylic acids is 1. The van der Waals surface area contributed by atoms with E-state index in [0.29, 0.717) is 0 Å². The fourth-order valence-electron chi connectivity index (χ4n) is 3.54. The molecule has 0 spiro atoms. The van der Waals surface area contributed by atoms with Crippen LogP contribution in [0, 0.1) is 11.8 Å². The molecule has 25 heavy (non-hydrogen) atoms. The Morgan fingerprint density at radius 1 is 1.20 bits per heavy atom. The minimum atomic E-state index is -0.818. The predicted octanol–water partition coefficient (Wildman–Crippen LogP) is 4.61. The third-order valence-corrected chi connectivity index (χ3v) is 5.28. The summed E-state index contributed by atoms with van der Waals surface area (Å²) in [7, 11) is 0. The molecule has 1 aliphatic heterocycles. The van der Waals surface area contributed by atoms with Crippen LogP contribution in [0.4, 0.5) is 0 Å². The molecule has 4 heteroatoms. The van der Waals surface area contributed by atoms with Gasteiger partial charge in [-0.25, -0.2) is 0 Å². The van der Waals surface area contributed by atoms with E-state index in [2.05, 4.69) is 45.6 Å². The van der Waals surface area contributed by atoms with Gasteiger partial charge < -0.3 is 9.84 Å². The van der Waals surface area contributed by atoms with Crippen molar-refractivity contribution in [3.8, 4) is 17.6 Å². The molecule has 2 aromatic rings. The number of carbonyl (C=O) groups is 1. The molecule has 1 aliphatic rings. The fourth-order valence-corrected chi connectivity index (χ4v) is 4.39. The number of carboxylic acids is 1. The number of hydrogen-bond acceptors (Lipinski definition) is 3. The van der Waals surface area contributed by atoms with Crippen LogP contribution in [0.5, 0.6) is 5.75 Å². The van der Waals surface area contributed by atoms with Crippen molar-refractivity contribution in [1.82, 2.24) is 0 Å². The van der Waals surface area contributed by atoms with E-state index in [0.717, 1.165) is 27.5 Å².